The van der Waals surface area contributed by atoms with Crippen molar-refractivity contribution >= 4 is 18.0 Å². The molecule has 0 unspecified atom stereocenters. The molecular formula is C7H10O6. The molecule has 0 saturated carbocycles. The fourth-order valence-electron chi connectivity index (χ4n) is 0.452. The molecule has 2 atom stereocenters. The van der Waals surface area contributed by atoms with Crippen molar-refractivity contribution in [3.05, 3.63) is 0 Å². The summed E-state index contributed by atoms with van der Waals surface area (Å²) < 4.78 is 4.23. The van der Waals surface area contributed by atoms with Crippen LogP contribution in [0, 0.1) is 0 Å². The van der Waals surface area contributed by atoms with Gasteiger partial charge in [-0.3, -0.25) is 4.79 Å². The minimum absolute atomic E-state index is 0.103. The molecule has 0 aliphatic carbocycles. The van der Waals surface area contributed by atoms with Crippen LogP contribution in [0.3, 0.4) is 0 Å². The van der Waals surface area contributed by atoms with E-state index in [9.17, 15) is 14.4 Å². The number of esters is 1. The van der Waals surface area contributed by atoms with Gasteiger partial charge in [-0.05, 0) is 0 Å². The third-order valence-electron chi connectivity index (χ3n) is 1.21. The molecular weight excluding hydrogens is 180 g/mol. The van der Waals surface area contributed by atoms with Crippen molar-refractivity contribution in [3.63, 3.8) is 0 Å². The molecule has 0 aromatic heterocycles. The van der Waals surface area contributed by atoms with E-state index >= 15 is 0 Å². The van der Waals surface area contributed by atoms with E-state index in [4.69, 9.17) is 10.2 Å². The second-order valence-corrected chi connectivity index (χ2v) is 2.35. The van der Waals surface area contributed by atoms with Crippen molar-refractivity contribution in [2.75, 3.05) is 6.61 Å². The minimum Gasteiger partial charge on any atom is -0.457 e. The monoisotopic (exact) mass is 190 g/mol. The predicted octanol–water partition coefficient (Wildman–Crippen LogP) is -1.96. The molecule has 0 aliphatic heterocycles. The Morgan fingerprint density at radius 2 is 2.00 bits per heavy atom. The number of hydrogen-bond donors (Lipinski definition) is 2. The Morgan fingerprint density at radius 3 is 2.38 bits per heavy atom. The first-order valence-corrected chi connectivity index (χ1v) is 3.48. The highest BCUT2D eigenvalue weighted by Gasteiger charge is 2.18. The third kappa shape index (κ3) is 4.34. The lowest BCUT2D eigenvalue weighted by Gasteiger charge is -2.11. The average Bonchev–Trinajstić information content (AvgIpc) is 2.11. The first-order valence-electron chi connectivity index (χ1n) is 3.48. The molecule has 0 amide bonds. The molecule has 74 valence electrons. The lowest BCUT2D eigenvalue weighted by atomic mass is 10.2. The van der Waals surface area contributed by atoms with Crippen molar-refractivity contribution in [2.24, 2.45) is 0 Å². The SMILES string of the molecule is CC(=O)C(=O)OC[C@@H](O)[C@@H](O)C=O. The van der Waals surface area contributed by atoms with Crippen LogP contribution in [0.2, 0.25) is 0 Å². The molecule has 0 spiro atoms. The van der Waals surface area contributed by atoms with E-state index in [0.29, 0.717) is 0 Å². The van der Waals surface area contributed by atoms with Gasteiger partial charge >= 0.3 is 5.97 Å². The maximum atomic E-state index is 10.5. The molecule has 0 saturated heterocycles. The molecule has 13 heavy (non-hydrogen) atoms. The number of ether oxygens (including phenoxy) is 1. The Labute approximate surface area is 74.1 Å². The van der Waals surface area contributed by atoms with Crippen molar-refractivity contribution < 1.29 is 29.3 Å². The zero-order valence-electron chi connectivity index (χ0n) is 6.97. The molecule has 0 rings (SSSR count). The van der Waals surface area contributed by atoms with Crippen LogP contribution in [0.5, 0.6) is 0 Å². The van der Waals surface area contributed by atoms with Gasteiger partial charge in [0, 0.05) is 6.92 Å². The van der Waals surface area contributed by atoms with E-state index in [1.54, 1.807) is 0 Å². The molecule has 0 fully saturated rings. The van der Waals surface area contributed by atoms with E-state index in [1.807, 2.05) is 0 Å². The van der Waals surface area contributed by atoms with Crippen LogP contribution in [0.15, 0.2) is 0 Å². The highest BCUT2D eigenvalue weighted by atomic mass is 16.5. The highest BCUT2D eigenvalue weighted by molar-refractivity contribution is 6.32. The Bertz CT molecular complexity index is 211. The van der Waals surface area contributed by atoms with Crippen molar-refractivity contribution in [1.82, 2.24) is 0 Å². The van der Waals surface area contributed by atoms with Crippen LogP contribution < -0.4 is 0 Å². The fraction of sp³-hybridized carbons (Fsp3) is 0.571. The summed E-state index contributed by atoms with van der Waals surface area (Å²) in [5.41, 5.74) is 0. The van der Waals surface area contributed by atoms with Crippen molar-refractivity contribution in [1.29, 1.82) is 0 Å². The van der Waals surface area contributed by atoms with E-state index in [-0.39, 0.29) is 6.29 Å². The number of carbonyl (C=O) groups excluding carboxylic acids is 3. The predicted molar refractivity (Wildman–Crippen MR) is 39.7 cm³/mol. The lowest BCUT2D eigenvalue weighted by molar-refractivity contribution is -0.157. The Hall–Kier alpha value is -1.27. The summed E-state index contributed by atoms with van der Waals surface area (Å²) >= 11 is 0. The highest BCUT2D eigenvalue weighted by Crippen LogP contribution is 1.92. The van der Waals surface area contributed by atoms with Gasteiger partial charge in [0.25, 0.3) is 0 Å². The largest absolute Gasteiger partial charge is 0.457 e. The number of Topliss-reactive ketones (excluding diaryl/α,β-unsaturated/α-hetero) is 1. The van der Waals surface area contributed by atoms with Gasteiger partial charge in [0.05, 0.1) is 0 Å². The van der Waals surface area contributed by atoms with Crippen LogP contribution in [0.1, 0.15) is 6.92 Å². The number of rotatable bonds is 5. The number of ketones is 1. The van der Waals surface area contributed by atoms with E-state index < -0.39 is 30.6 Å². The maximum absolute atomic E-state index is 10.5. The molecule has 6 nitrogen and oxygen atoms in total. The van der Waals surface area contributed by atoms with Crippen molar-refractivity contribution in [3.8, 4) is 0 Å². The van der Waals surface area contributed by atoms with Gasteiger partial charge in [-0.2, -0.15) is 0 Å². The van der Waals surface area contributed by atoms with Crippen LogP contribution in [0.25, 0.3) is 0 Å². The molecule has 0 aromatic rings. The molecule has 6 heteroatoms. The summed E-state index contributed by atoms with van der Waals surface area (Å²) in [5, 5.41) is 17.6. The first-order chi connectivity index (χ1) is 5.99. The normalized spacial score (nSPS) is 14.4. The van der Waals surface area contributed by atoms with Gasteiger partial charge in [-0.15, -0.1) is 0 Å². The Morgan fingerprint density at radius 1 is 1.46 bits per heavy atom. The number of carbonyl (C=O) groups is 3. The van der Waals surface area contributed by atoms with Gasteiger partial charge in [-0.1, -0.05) is 0 Å². The first kappa shape index (κ1) is 11.7. The van der Waals surface area contributed by atoms with E-state index in [0.717, 1.165) is 6.92 Å². The summed E-state index contributed by atoms with van der Waals surface area (Å²) in [6.07, 6.45) is -3.01. The molecule has 0 aromatic carbocycles. The Kier molecular flexibility index (Phi) is 4.86. The standard InChI is InChI=1S/C7H10O6/c1-4(9)7(12)13-3-6(11)5(10)2-8/h2,5-6,10-11H,3H2,1H3/t5-,6+/m0/s1. The second kappa shape index (κ2) is 5.39. The molecule has 2 N–H and O–H groups in total. The summed E-state index contributed by atoms with van der Waals surface area (Å²) in [5.74, 6) is -1.93. The Balaban J connectivity index is 3.82. The van der Waals surface area contributed by atoms with Crippen LogP contribution in [-0.2, 0) is 19.1 Å². The molecule has 0 aliphatic rings. The van der Waals surface area contributed by atoms with Gasteiger partial charge < -0.3 is 19.7 Å². The second-order valence-electron chi connectivity index (χ2n) is 2.35. The fourth-order valence-corrected chi connectivity index (χ4v) is 0.452. The third-order valence-corrected chi connectivity index (χ3v) is 1.21. The molecule has 0 radical (unpaired) electrons. The van der Waals surface area contributed by atoms with Crippen LogP contribution in [0.4, 0.5) is 0 Å². The molecule has 0 bridgehead atoms. The van der Waals surface area contributed by atoms with E-state index in [2.05, 4.69) is 4.74 Å². The van der Waals surface area contributed by atoms with Gasteiger partial charge in [0.2, 0.25) is 5.78 Å². The van der Waals surface area contributed by atoms with Gasteiger partial charge in [-0.25, -0.2) is 4.79 Å². The summed E-state index contributed by atoms with van der Waals surface area (Å²) in [4.78, 5) is 30.7. The number of aliphatic hydroxyl groups excluding tert-OH is 2. The summed E-state index contributed by atoms with van der Waals surface area (Å²) in [7, 11) is 0. The maximum Gasteiger partial charge on any atom is 0.374 e. The molecule has 0 heterocycles. The summed E-state index contributed by atoms with van der Waals surface area (Å²) in [6.45, 7) is 0.420. The van der Waals surface area contributed by atoms with Gasteiger partial charge in [0.15, 0.2) is 6.29 Å². The zero-order valence-corrected chi connectivity index (χ0v) is 6.97. The smallest absolute Gasteiger partial charge is 0.374 e. The van der Waals surface area contributed by atoms with E-state index in [1.165, 1.54) is 0 Å². The summed E-state index contributed by atoms with van der Waals surface area (Å²) in [6, 6.07) is 0. The number of hydrogen-bond acceptors (Lipinski definition) is 6. The van der Waals surface area contributed by atoms with Crippen LogP contribution in [-0.4, -0.2) is 47.1 Å². The average molecular weight is 190 g/mol. The van der Waals surface area contributed by atoms with Gasteiger partial charge in [0.1, 0.15) is 18.8 Å². The lowest BCUT2D eigenvalue weighted by Crippen LogP contribution is -2.33. The quantitative estimate of drug-likeness (QED) is 0.296. The number of aldehydes is 1. The topological polar surface area (TPSA) is 101 Å². The number of aliphatic hydroxyl groups is 2. The van der Waals surface area contributed by atoms with Crippen molar-refractivity contribution in [2.45, 2.75) is 19.1 Å². The van der Waals surface area contributed by atoms with Crippen LogP contribution >= 0.6 is 0 Å². The minimum atomic E-state index is -1.61. The zero-order chi connectivity index (χ0) is 10.4.